The van der Waals surface area contributed by atoms with Crippen LogP contribution in [0.4, 0.5) is 17.1 Å². The van der Waals surface area contributed by atoms with Gasteiger partial charge in [-0.05, 0) is 50.2 Å². The monoisotopic (exact) mass is 385 g/mol. The van der Waals surface area contributed by atoms with Gasteiger partial charge in [0, 0.05) is 30.1 Å². The molecule has 28 heavy (non-hydrogen) atoms. The molecule has 148 valence electrons. The molecule has 3 N–H and O–H groups in total. The van der Waals surface area contributed by atoms with Crippen LogP contribution in [0.5, 0.6) is 11.5 Å². The van der Waals surface area contributed by atoms with Crippen LogP contribution in [0.3, 0.4) is 0 Å². The highest BCUT2D eigenvalue weighted by Gasteiger charge is 2.15. The zero-order valence-electron chi connectivity index (χ0n) is 16.0. The van der Waals surface area contributed by atoms with Gasteiger partial charge in [-0.2, -0.15) is 0 Å². The molecule has 2 aromatic carbocycles. The fraction of sp³-hybridized carbons (Fsp3) is 0.250. The predicted octanol–water partition coefficient (Wildman–Crippen LogP) is 3.02. The third-order valence-electron chi connectivity index (χ3n) is 3.47. The number of carbonyl (C=O) groups is 3. The standard InChI is InChI=1S/C20H23N3O5/c1-4-27-17-11-10-16(12-18(17)28-5-2)23-20(26)19(25)22-15-8-6-14(7-9-15)21-13(3)24/h6-12H,4-5H2,1-3H3,(H,21,24)(H,22,25)(H,23,26). The Balaban J connectivity index is 2.00. The van der Waals surface area contributed by atoms with Crippen molar-refractivity contribution in [3.05, 3.63) is 42.5 Å². The van der Waals surface area contributed by atoms with E-state index >= 15 is 0 Å². The molecular weight excluding hydrogens is 362 g/mol. The number of ether oxygens (including phenoxy) is 2. The summed E-state index contributed by atoms with van der Waals surface area (Å²) in [6.45, 7) is 6.02. The molecule has 0 heterocycles. The highest BCUT2D eigenvalue weighted by molar-refractivity contribution is 6.43. The Morgan fingerprint density at radius 3 is 1.71 bits per heavy atom. The smallest absolute Gasteiger partial charge is 0.314 e. The van der Waals surface area contributed by atoms with Crippen LogP contribution in [0.15, 0.2) is 42.5 Å². The van der Waals surface area contributed by atoms with Crippen LogP contribution < -0.4 is 25.4 Å². The quantitative estimate of drug-likeness (QED) is 0.635. The van der Waals surface area contributed by atoms with Crippen molar-refractivity contribution in [1.29, 1.82) is 0 Å². The number of anilines is 3. The van der Waals surface area contributed by atoms with Crippen LogP contribution in [0.1, 0.15) is 20.8 Å². The maximum Gasteiger partial charge on any atom is 0.314 e. The molecule has 0 aliphatic heterocycles. The second-order valence-corrected chi connectivity index (χ2v) is 5.69. The van der Waals surface area contributed by atoms with Crippen LogP contribution in [0.25, 0.3) is 0 Å². The summed E-state index contributed by atoms with van der Waals surface area (Å²) in [5, 5.41) is 7.64. The average molecular weight is 385 g/mol. The third-order valence-corrected chi connectivity index (χ3v) is 3.47. The fourth-order valence-corrected chi connectivity index (χ4v) is 2.34. The molecule has 0 aliphatic rings. The van der Waals surface area contributed by atoms with Gasteiger partial charge in [0.05, 0.1) is 13.2 Å². The summed E-state index contributed by atoms with van der Waals surface area (Å²) < 4.78 is 11.0. The minimum absolute atomic E-state index is 0.196. The van der Waals surface area contributed by atoms with Gasteiger partial charge in [0.2, 0.25) is 5.91 Å². The Labute approximate surface area is 163 Å². The molecule has 3 amide bonds. The second-order valence-electron chi connectivity index (χ2n) is 5.69. The molecule has 0 bridgehead atoms. The normalized spacial score (nSPS) is 9.96. The first kappa shape index (κ1) is 20.8. The Kier molecular flexibility index (Phi) is 7.38. The Morgan fingerprint density at radius 1 is 0.714 bits per heavy atom. The van der Waals surface area contributed by atoms with E-state index in [0.717, 1.165) is 0 Å². The zero-order valence-corrected chi connectivity index (χ0v) is 16.0. The van der Waals surface area contributed by atoms with E-state index in [0.29, 0.717) is 41.8 Å². The molecule has 0 fully saturated rings. The average Bonchev–Trinajstić information content (AvgIpc) is 2.65. The largest absolute Gasteiger partial charge is 0.490 e. The Morgan fingerprint density at radius 2 is 1.18 bits per heavy atom. The number of rotatable bonds is 7. The lowest BCUT2D eigenvalue weighted by atomic mass is 10.2. The molecule has 0 radical (unpaired) electrons. The van der Waals surface area contributed by atoms with Gasteiger partial charge in [0.15, 0.2) is 11.5 Å². The summed E-state index contributed by atoms with van der Waals surface area (Å²) in [6.07, 6.45) is 0. The van der Waals surface area contributed by atoms with Gasteiger partial charge >= 0.3 is 11.8 Å². The summed E-state index contributed by atoms with van der Waals surface area (Å²) in [6, 6.07) is 11.3. The summed E-state index contributed by atoms with van der Waals surface area (Å²) >= 11 is 0. The van der Waals surface area contributed by atoms with E-state index in [4.69, 9.17) is 9.47 Å². The van der Waals surface area contributed by atoms with E-state index in [1.165, 1.54) is 6.92 Å². The van der Waals surface area contributed by atoms with Crippen molar-refractivity contribution in [2.24, 2.45) is 0 Å². The third kappa shape index (κ3) is 6.01. The zero-order chi connectivity index (χ0) is 20.5. The topological polar surface area (TPSA) is 106 Å². The minimum Gasteiger partial charge on any atom is -0.490 e. The van der Waals surface area contributed by atoms with Crippen LogP contribution in [0, 0.1) is 0 Å². The number of hydrogen-bond donors (Lipinski definition) is 3. The molecule has 8 nitrogen and oxygen atoms in total. The van der Waals surface area contributed by atoms with E-state index in [9.17, 15) is 14.4 Å². The molecule has 0 saturated carbocycles. The summed E-state index contributed by atoms with van der Waals surface area (Å²) in [5.41, 5.74) is 1.43. The molecule has 2 aromatic rings. The highest BCUT2D eigenvalue weighted by Crippen LogP contribution is 2.30. The van der Waals surface area contributed by atoms with Crippen molar-refractivity contribution in [1.82, 2.24) is 0 Å². The summed E-state index contributed by atoms with van der Waals surface area (Å²) in [7, 11) is 0. The first-order valence-electron chi connectivity index (χ1n) is 8.82. The number of nitrogens with one attached hydrogen (secondary N) is 3. The number of carbonyl (C=O) groups excluding carboxylic acids is 3. The van der Waals surface area contributed by atoms with Gasteiger partial charge in [-0.15, -0.1) is 0 Å². The van der Waals surface area contributed by atoms with Crippen molar-refractivity contribution < 1.29 is 23.9 Å². The molecule has 8 heteroatoms. The molecule has 0 spiro atoms. The SMILES string of the molecule is CCOc1ccc(NC(=O)C(=O)Nc2ccc(NC(C)=O)cc2)cc1OCC. The lowest BCUT2D eigenvalue weighted by molar-refractivity contribution is -0.132. The summed E-state index contributed by atoms with van der Waals surface area (Å²) in [4.78, 5) is 35.3. The molecule has 0 aliphatic carbocycles. The van der Waals surface area contributed by atoms with Gasteiger partial charge in [-0.1, -0.05) is 0 Å². The lowest BCUT2D eigenvalue weighted by Gasteiger charge is -2.13. The van der Waals surface area contributed by atoms with E-state index in [2.05, 4.69) is 16.0 Å². The van der Waals surface area contributed by atoms with Gasteiger partial charge in [-0.3, -0.25) is 14.4 Å². The van der Waals surface area contributed by atoms with E-state index in [1.807, 2.05) is 13.8 Å². The lowest BCUT2D eigenvalue weighted by Crippen LogP contribution is -2.29. The number of hydrogen-bond acceptors (Lipinski definition) is 5. The van der Waals surface area contributed by atoms with Crippen LogP contribution >= 0.6 is 0 Å². The van der Waals surface area contributed by atoms with E-state index < -0.39 is 11.8 Å². The number of benzene rings is 2. The predicted molar refractivity (Wildman–Crippen MR) is 107 cm³/mol. The second kappa shape index (κ2) is 9.96. The van der Waals surface area contributed by atoms with Crippen molar-refractivity contribution in [3.63, 3.8) is 0 Å². The first-order valence-corrected chi connectivity index (χ1v) is 8.82. The number of amides is 3. The molecular formula is C20H23N3O5. The minimum atomic E-state index is -0.822. The fourth-order valence-electron chi connectivity index (χ4n) is 2.34. The van der Waals surface area contributed by atoms with E-state index in [1.54, 1.807) is 42.5 Å². The van der Waals surface area contributed by atoms with Crippen LogP contribution in [-0.2, 0) is 14.4 Å². The molecule has 0 aromatic heterocycles. The van der Waals surface area contributed by atoms with Gasteiger partial charge < -0.3 is 25.4 Å². The van der Waals surface area contributed by atoms with Crippen LogP contribution in [0.2, 0.25) is 0 Å². The highest BCUT2D eigenvalue weighted by atomic mass is 16.5. The summed E-state index contributed by atoms with van der Waals surface area (Å²) in [5.74, 6) is -0.795. The van der Waals surface area contributed by atoms with Gasteiger partial charge in [0.25, 0.3) is 0 Å². The molecule has 0 atom stereocenters. The van der Waals surface area contributed by atoms with Crippen molar-refractivity contribution in [2.45, 2.75) is 20.8 Å². The van der Waals surface area contributed by atoms with Crippen LogP contribution in [-0.4, -0.2) is 30.9 Å². The van der Waals surface area contributed by atoms with Crippen molar-refractivity contribution in [2.75, 3.05) is 29.2 Å². The van der Waals surface area contributed by atoms with E-state index in [-0.39, 0.29) is 5.91 Å². The van der Waals surface area contributed by atoms with Crippen molar-refractivity contribution >= 4 is 34.8 Å². The maximum atomic E-state index is 12.2. The van der Waals surface area contributed by atoms with Crippen molar-refractivity contribution in [3.8, 4) is 11.5 Å². The van der Waals surface area contributed by atoms with Gasteiger partial charge in [0.1, 0.15) is 0 Å². The van der Waals surface area contributed by atoms with Gasteiger partial charge in [-0.25, -0.2) is 0 Å². The molecule has 0 saturated heterocycles. The first-order chi connectivity index (χ1) is 13.4. The Bertz CT molecular complexity index is 849. The molecule has 2 rings (SSSR count). The molecule has 0 unspecified atom stereocenters. The Hall–Kier alpha value is -3.55. The maximum absolute atomic E-state index is 12.2.